The molecule has 4 heteroatoms. The minimum absolute atomic E-state index is 0.0712. The number of fused-ring (bicyclic) bond motifs is 1. The Balaban J connectivity index is 1.73. The first-order valence-corrected chi connectivity index (χ1v) is 6.60. The number of ether oxygens (including phenoxy) is 2. The molecule has 3 rings (SSSR count). The molecule has 3 aliphatic rings. The van der Waals surface area contributed by atoms with E-state index in [4.69, 9.17) is 9.47 Å². The number of hydrogen-bond acceptors (Lipinski definition) is 3. The number of carbonyl (C=O) groups is 1. The standard InChI is InChI=1S/C13H21NO3/c1-13(2)8-14(12(15)5-9-3-4-9)10-6-16-7-11(10)17-13/h9-11H,3-8H2,1-2H3/t10-,11-/m1/s1. The summed E-state index contributed by atoms with van der Waals surface area (Å²) in [5.74, 6) is 0.943. The van der Waals surface area contributed by atoms with Crippen LogP contribution in [0.15, 0.2) is 0 Å². The van der Waals surface area contributed by atoms with E-state index in [1.54, 1.807) is 0 Å². The number of amides is 1. The highest BCUT2D eigenvalue weighted by atomic mass is 16.6. The zero-order chi connectivity index (χ0) is 12.0. The van der Waals surface area contributed by atoms with E-state index in [1.807, 2.05) is 4.90 Å². The van der Waals surface area contributed by atoms with Crippen LogP contribution in [0.4, 0.5) is 0 Å². The van der Waals surface area contributed by atoms with Crippen molar-refractivity contribution in [2.45, 2.75) is 50.9 Å². The molecule has 0 bridgehead atoms. The van der Waals surface area contributed by atoms with Crippen LogP contribution >= 0.6 is 0 Å². The average molecular weight is 239 g/mol. The van der Waals surface area contributed by atoms with E-state index in [0.717, 1.165) is 6.42 Å². The molecule has 0 spiro atoms. The summed E-state index contributed by atoms with van der Waals surface area (Å²) in [5.41, 5.74) is -0.242. The van der Waals surface area contributed by atoms with Gasteiger partial charge in [-0.3, -0.25) is 4.79 Å². The lowest BCUT2D eigenvalue weighted by Crippen LogP contribution is -2.60. The molecule has 0 aromatic rings. The molecule has 2 aliphatic heterocycles. The lowest BCUT2D eigenvalue weighted by atomic mass is 10.00. The molecule has 2 saturated heterocycles. The summed E-state index contributed by atoms with van der Waals surface area (Å²) in [6.07, 6.45) is 3.25. The molecule has 0 unspecified atom stereocenters. The first-order valence-electron chi connectivity index (χ1n) is 6.60. The first kappa shape index (κ1) is 11.5. The van der Waals surface area contributed by atoms with Gasteiger partial charge >= 0.3 is 0 Å². The van der Waals surface area contributed by atoms with Crippen LogP contribution in [0.2, 0.25) is 0 Å². The van der Waals surface area contributed by atoms with Crippen LogP contribution < -0.4 is 0 Å². The largest absolute Gasteiger partial charge is 0.376 e. The number of carbonyl (C=O) groups excluding carboxylic acids is 1. The summed E-state index contributed by atoms with van der Waals surface area (Å²) in [6, 6.07) is 0.147. The van der Waals surface area contributed by atoms with Crippen molar-refractivity contribution < 1.29 is 14.3 Å². The Bertz CT molecular complexity index is 325. The molecule has 1 amide bonds. The van der Waals surface area contributed by atoms with Gasteiger partial charge in [0.25, 0.3) is 0 Å². The summed E-state index contributed by atoms with van der Waals surface area (Å²) < 4.78 is 11.4. The van der Waals surface area contributed by atoms with Gasteiger partial charge in [-0.15, -0.1) is 0 Å². The molecule has 96 valence electrons. The van der Waals surface area contributed by atoms with Crippen molar-refractivity contribution in [1.82, 2.24) is 4.90 Å². The molecule has 2 atom stereocenters. The SMILES string of the molecule is CC1(C)CN(C(=O)CC2CC2)[C@@H]2COC[C@H]2O1. The fraction of sp³-hybridized carbons (Fsp3) is 0.923. The van der Waals surface area contributed by atoms with Crippen molar-refractivity contribution in [3.8, 4) is 0 Å². The number of morpholine rings is 1. The molecular weight excluding hydrogens is 218 g/mol. The Morgan fingerprint density at radius 2 is 2.12 bits per heavy atom. The first-order chi connectivity index (χ1) is 8.05. The topological polar surface area (TPSA) is 38.8 Å². The number of nitrogens with zero attached hydrogens (tertiary/aromatic N) is 1. The lowest BCUT2D eigenvalue weighted by Gasteiger charge is -2.45. The molecule has 17 heavy (non-hydrogen) atoms. The second-order valence-electron chi connectivity index (χ2n) is 6.19. The Kier molecular flexibility index (Phi) is 2.67. The molecule has 0 radical (unpaired) electrons. The minimum atomic E-state index is -0.242. The van der Waals surface area contributed by atoms with Crippen molar-refractivity contribution in [3.63, 3.8) is 0 Å². The van der Waals surface area contributed by atoms with Gasteiger partial charge in [0.05, 0.1) is 24.9 Å². The maximum Gasteiger partial charge on any atom is 0.223 e. The van der Waals surface area contributed by atoms with Crippen LogP contribution in [0, 0.1) is 5.92 Å². The predicted octanol–water partition coefficient (Wildman–Crippen LogP) is 1.19. The van der Waals surface area contributed by atoms with Gasteiger partial charge in [-0.2, -0.15) is 0 Å². The van der Waals surface area contributed by atoms with Crippen LogP contribution in [0.25, 0.3) is 0 Å². The number of hydrogen-bond donors (Lipinski definition) is 0. The molecular formula is C13H21NO3. The summed E-state index contributed by atoms with van der Waals surface area (Å²) in [6.45, 7) is 6.07. The van der Waals surface area contributed by atoms with Crippen molar-refractivity contribution in [3.05, 3.63) is 0 Å². The van der Waals surface area contributed by atoms with Gasteiger partial charge in [-0.1, -0.05) is 0 Å². The molecule has 0 aromatic heterocycles. The third-order valence-corrected chi connectivity index (χ3v) is 3.90. The van der Waals surface area contributed by atoms with E-state index in [1.165, 1.54) is 12.8 Å². The van der Waals surface area contributed by atoms with Gasteiger partial charge in [0, 0.05) is 13.0 Å². The highest BCUT2D eigenvalue weighted by molar-refractivity contribution is 5.77. The maximum atomic E-state index is 12.3. The number of rotatable bonds is 2. The van der Waals surface area contributed by atoms with Crippen LogP contribution in [0.3, 0.4) is 0 Å². The zero-order valence-electron chi connectivity index (χ0n) is 10.6. The minimum Gasteiger partial charge on any atom is -0.376 e. The molecule has 1 aliphatic carbocycles. The molecule has 1 saturated carbocycles. The van der Waals surface area contributed by atoms with Gasteiger partial charge in [0.2, 0.25) is 5.91 Å². The third kappa shape index (κ3) is 2.33. The normalized spacial score (nSPS) is 35.8. The fourth-order valence-electron chi connectivity index (χ4n) is 2.86. The molecule has 2 heterocycles. The maximum absolute atomic E-state index is 12.3. The smallest absolute Gasteiger partial charge is 0.223 e. The van der Waals surface area contributed by atoms with Gasteiger partial charge in [0.1, 0.15) is 6.10 Å². The Labute approximate surface area is 102 Å². The van der Waals surface area contributed by atoms with E-state index in [2.05, 4.69) is 13.8 Å². The van der Waals surface area contributed by atoms with Crippen molar-refractivity contribution in [1.29, 1.82) is 0 Å². The van der Waals surface area contributed by atoms with Crippen LogP contribution in [0.1, 0.15) is 33.1 Å². The second kappa shape index (κ2) is 3.95. The highest BCUT2D eigenvalue weighted by Gasteiger charge is 2.46. The monoisotopic (exact) mass is 239 g/mol. The summed E-state index contributed by atoms with van der Waals surface area (Å²) in [4.78, 5) is 14.3. The summed E-state index contributed by atoms with van der Waals surface area (Å²) >= 11 is 0. The van der Waals surface area contributed by atoms with E-state index < -0.39 is 0 Å². The fourth-order valence-corrected chi connectivity index (χ4v) is 2.86. The second-order valence-corrected chi connectivity index (χ2v) is 6.19. The van der Waals surface area contributed by atoms with E-state index in [0.29, 0.717) is 31.6 Å². The van der Waals surface area contributed by atoms with Crippen molar-refractivity contribution in [2.24, 2.45) is 5.92 Å². The van der Waals surface area contributed by atoms with Crippen LogP contribution in [0.5, 0.6) is 0 Å². The van der Waals surface area contributed by atoms with Gasteiger partial charge < -0.3 is 14.4 Å². The predicted molar refractivity (Wildman–Crippen MR) is 62.6 cm³/mol. The van der Waals surface area contributed by atoms with Crippen LogP contribution in [-0.2, 0) is 14.3 Å². The van der Waals surface area contributed by atoms with Crippen molar-refractivity contribution in [2.75, 3.05) is 19.8 Å². The van der Waals surface area contributed by atoms with E-state index in [9.17, 15) is 4.79 Å². The van der Waals surface area contributed by atoms with Gasteiger partial charge in [0.15, 0.2) is 0 Å². The molecule has 0 aromatic carbocycles. The van der Waals surface area contributed by atoms with Crippen molar-refractivity contribution >= 4 is 5.91 Å². The van der Waals surface area contributed by atoms with Gasteiger partial charge in [-0.05, 0) is 32.6 Å². The molecule has 0 N–H and O–H groups in total. The quantitative estimate of drug-likeness (QED) is 0.726. The van der Waals surface area contributed by atoms with E-state index in [-0.39, 0.29) is 17.7 Å². The lowest BCUT2D eigenvalue weighted by molar-refractivity contribution is -0.169. The summed E-state index contributed by atoms with van der Waals surface area (Å²) in [5, 5.41) is 0. The third-order valence-electron chi connectivity index (χ3n) is 3.90. The Hall–Kier alpha value is -0.610. The Morgan fingerprint density at radius 1 is 1.35 bits per heavy atom. The average Bonchev–Trinajstić information content (AvgIpc) is 2.92. The van der Waals surface area contributed by atoms with E-state index >= 15 is 0 Å². The van der Waals surface area contributed by atoms with Crippen LogP contribution in [-0.4, -0.2) is 48.3 Å². The highest BCUT2D eigenvalue weighted by Crippen LogP contribution is 2.35. The zero-order valence-corrected chi connectivity index (χ0v) is 10.6. The molecule has 3 fully saturated rings. The molecule has 4 nitrogen and oxygen atoms in total. The Morgan fingerprint density at radius 3 is 2.82 bits per heavy atom. The summed E-state index contributed by atoms with van der Waals surface area (Å²) in [7, 11) is 0. The van der Waals surface area contributed by atoms with Gasteiger partial charge in [-0.25, -0.2) is 0 Å².